The lowest BCUT2D eigenvalue weighted by Gasteiger charge is -2.39. The molecule has 2 atom stereocenters. The van der Waals surface area contributed by atoms with Gasteiger partial charge in [-0.25, -0.2) is 4.98 Å². The Labute approximate surface area is 128 Å². The largest absolute Gasteiger partial charge is 0.375 e. The molecule has 0 spiro atoms. The second-order valence-electron chi connectivity index (χ2n) is 6.02. The Morgan fingerprint density at radius 3 is 2.90 bits per heavy atom. The molecule has 2 unspecified atom stereocenters. The van der Waals surface area contributed by atoms with Gasteiger partial charge in [0.15, 0.2) is 0 Å². The third kappa shape index (κ3) is 4.17. The highest BCUT2D eigenvalue weighted by Gasteiger charge is 2.27. The van der Waals surface area contributed by atoms with Crippen molar-refractivity contribution in [2.45, 2.75) is 59.2 Å². The zero-order valence-corrected chi connectivity index (χ0v) is 13.9. The quantitative estimate of drug-likeness (QED) is 0.818. The Bertz CT molecular complexity index is 450. The fraction of sp³-hybridized carbons (Fsp3) is 0.706. The van der Waals surface area contributed by atoms with Crippen LogP contribution in [0.4, 0.5) is 5.82 Å². The highest BCUT2D eigenvalue weighted by molar-refractivity contribution is 5.49. The van der Waals surface area contributed by atoms with E-state index < -0.39 is 0 Å². The first-order valence-electron chi connectivity index (χ1n) is 8.20. The van der Waals surface area contributed by atoms with Gasteiger partial charge in [0.1, 0.15) is 5.82 Å². The molecule has 118 valence electrons. The molecule has 4 nitrogen and oxygen atoms in total. The number of morpholine rings is 1. The van der Waals surface area contributed by atoms with Crippen molar-refractivity contribution in [1.82, 2.24) is 10.3 Å². The van der Waals surface area contributed by atoms with E-state index in [2.05, 4.69) is 44.0 Å². The van der Waals surface area contributed by atoms with Gasteiger partial charge in [0.05, 0.1) is 18.8 Å². The molecule has 0 saturated carbocycles. The van der Waals surface area contributed by atoms with Crippen molar-refractivity contribution in [1.29, 1.82) is 0 Å². The summed E-state index contributed by atoms with van der Waals surface area (Å²) in [5, 5.41) is 3.43. The maximum absolute atomic E-state index is 5.78. The Morgan fingerprint density at radius 1 is 1.43 bits per heavy atom. The van der Waals surface area contributed by atoms with Gasteiger partial charge in [-0.3, -0.25) is 0 Å². The molecule has 0 radical (unpaired) electrons. The molecule has 0 amide bonds. The van der Waals surface area contributed by atoms with Crippen LogP contribution in [0.3, 0.4) is 0 Å². The Hall–Kier alpha value is -1.13. The number of ether oxygens (including phenoxy) is 1. The molecule has 0 aliphatic carbocycles. The first kappa shape index (κ1) is 16.2. The average molecular weight is 291 g/mol. The molecule has 1 N–H and O–H groups in total. The maximum atomic E-state index is 5.78. The Morgan fingerprint density at radius 2 is 2.24 bits per heavy atom. The molecule has 1 aliphatic heterocycles. The van der Waals surface area contributed by atoms with Crippen molar-refractivity contribution < 1.29 is 4.74 Å². The second kappa shape index (κ2) is 7.76. The number of aromatic nitrogens is 1. The normalized spacial score (nSPS) is 22.6. The monoisotopic (exact) mass is 291 g/mol. The summed E-state index contributed by atoms with van der Waals surface area (Å²) >= 11 is 0. The number of aryl methyl sites for hydroxylation is 1. The van der Waals surface area contributed by atoms with Crippen molar-refractivity contribution in [3.8, 4) is 0 Å². The first-order chi connectivity index (χ1) is 10.2. The number of pyridine rings is 1. The van der Waals surface area contributed by atoms with Crippen LogP contribution >= 0.6 is 0 Å². The van der Waals surface area contributed by atoms with Crippen LogP contribution in [0.2, 0.25) is 0 Å². The third-order valence-corrected chi connectivity index (χ3v) is 4.07. The molecule has 4 heteroatoms. The van der Waals surface area contributed by atoms with Crippen LogP contribution in [0.5, 0.6) is 0 Å². The Balaban J connectivity index is 2.11. The predicted octanol–water partition coefficient (Wildman–Crippen LogP) is 2.89. The molecule has 0 bridgehead atoms. The molecular weight excluding hydrogens is 262 g/mol. The van der Waals surface area contributed by atoms with Gasteiger partial charge in [0.25, 0.3) is 0 Å². The highest BCUT2D eigenvalue weighted by atomic mass is 16.5. The zero-order chi connectivity index (χ0) is 15.2. The molecule has 0 aromatic carbocycles. The van der Waals surface area contributed by atoms with E-state index >= 15 is 0 Å². The van der Waals surface area contributed by atoms with Gasteiger partial charge in [-0.15, -0.1) is 0 Å². The van der Waals surface area contributed by atoms with Gasteiger partial charge >= 0.3 is 0 Å². The van der Waals surface area contributed by atoms with Crippen LogP contribution in [-0.4, -0.2) is 36.8 Å². The average Bonchev–Trinajstić information content (AvgIpc) is 2.48. The van der Waals surface area contributed by atoms with E-state index in [0.717, 1.165) is 44.9 Å². The van der Waals surface area contributed by atoms with Crippen molar-refractivity contribution in [3.05, 3.63) is 23.4 Å². The number of hydrogen-bond acceptors (Lipinski definition) is 4. The summed E-state index contributed by atoms with van der Waals surface area (Å²) in [5.74, 6) is 1.12. The van der Waals surface area contributed by atoms with Crippen molar-refractivity contribution in [2.75, 3.05) is 24.6 Å². The van der Waals surface area contributed by atoms with Crippen molar-refractivity contribution in [2.24, 2.45) is 0 Å². The highest BCUT2D eigenvalue weighted by Crippen LogP contribution is 2.25. The summed E-state index contributed by atoms with van der Waals surface area (Å²) in [6.45, 7) is 12.4. The second-order valence-corrected chi connectivity index (χ2v) is 6.02. The van der Waals surface area contributed by atoms with Gasteiger partial charge in [0, 0.05) is 19.3 Å². The summed E-state index contributed by atoms with van der Waals surface area (Å²) < 4.78 is 5.78. The van der Waals surface area contributed by atoms with Crippen molar-refractivity contribution in [3.63, 3.8) is 0 Å². The van der Waals surface area contributed by atoms with E-state index in [9.17, 15) is 0 Å². The van der Waals surface area contributed by atoms with Gasteiger partial charge in [-0.1, -0.05) is 13.8 Å². The third-order valence-electron chi connectivity index (χ3n) is 4.07. The standard InChI is InChI=1S/C17H29N3O/c1-5-7-18-9-15-8-13(3)17(19-10-15)20-11-14(4)21-12-16(20)6-2/h8,10,14,16,18H,5-7,9,11-12H2,1-4H3. The number of hydrogen-bond donors (Lipinski definition) is 1. The molecule has 21 heavy (non-hydrogen) atoms. The molecular formula is C17H29N3O. The molecule has 2 heterocycles. The molecule has 1 aliphatic rings. The molecule has 2 rings (SSSR count). The van der Waals surface area contributed by atoms with Crippen molar-refractivity contribution >= 4 is 5.82 Å². The first-order valence-corrected chi connectivity index (χ1v) is 8.20. The molecule has 1 fully saturated rings. The van der Waals surface area contributed by atoms with Gasteiger partial charge in [-0.2, -0.15) is 0 Å². The maximum Gasteiger partial charge on any atom is 0.131 e. The van der Waals surface area contributed by atoms with Gasteiger partial charge in [-0.05, 0) is 50.4 Å². The summed E-state index contributed by atoms with van der Waals surface area (Å²) in [5.41, 5.74) is 2.53. The van der Waals surface area contributed by atoms with E-state index in [1.165, 1.54) is 11.1 Å². The summed E-state index contributed by atoms with van der Waals surface area (Å²) in [4.78, 5) is 7.17. The van der Waals surface area contributed by atoms with E-state index in [0.29, 0.717) is 6.04 Å². The van der Waals surface area contributed by atoms with Crippen LogP contribution < -0.4 is 10.2 Å². The minimum absolute atomic E-state index is 0.278. The SMILES string of the molecule is CCCNCc1cnc(N2CC(C)OCC2CC)c(C)c1. The van der Waals surface area contributed by atoms with Crippen LogP contribution in [-0.2, 0) is 11.3 Å². The van der Waals surface area contributed by atoms with Crippen LogP contribution in [0.25, 0.3) is 0 Å². The lowest BCUT2D eigenvalue weighted by molar-refractivity contribution is 0.0296. The lowest BCUT2D eigenvalue weighted by Crippen LogP contribution is -2.49. The van der Waals surface area contributed by atoms with Crippen LogP contribution in [0, 0.1) is 6.92 Å². The van der Waals surface area contributed by atoms with E-state index in [-0.39, 0.29) is 6.10 Å². The lowest BCUT2D eigenvalue weighted by atomic mass is 10.1. The number of nitrogens with one attached hydrogen (secondary N) is 1. The fourth-order valence-corrected chi connectivity index (χ4v) is 2.87. The fourth-order valence-electron chi connectivity index (χ4n) is 2.87. The molecule has 1 saturated heterocycles. The minimum Gasteiger partial charge on any atom is -0.375 e. The van der Waals surface area contributed by atoms with E-state index in [1.807, 2.05) is 6.20 Å². The van der Waals surface area contributed by atoms with Crippen LogP contribution in [0.15, 0.2) is 12.3 Å². The van der Waals surface area contributed by atoms with Gasteiger partial charge < -0.3 is 15.0 Å². The predicted molar refractivity (Wildman–Crippen MR) is 87.8 cm³/mol. The van der Waals surface area contributed by atoms with Crippen LogP contribution in [0.1, 0.15) is 44.7 Å². The number of rotatable bonds is 6. The summed E-state index contributed by atoms with van der Waals surface area (Å²) in [6, 6.07) is 2.70. The topological polar surface area (TPSA) is 37.4 Å². The Kier molecular flexibility index (Phi) is 6.00. The van der Waals surface area contributed by atoms with Gasteiger partial charge in [0.2, 0.25) is 0 Å². The number of anilines is 1. The minimum atomic E-state index is 0.278. The summed E-state index contributed by atoms with van der Waals surface area (Å²) in [6.07, 6.45) is 4.54. The molecule has 1 aromatic rings. The molecule has 1 aromatic heterocycles. The smallest absolute Gasteiger partial charge is 0.131 e. The van der Waals surface area contributed by atoms with E-state index in [1.54, 1.807) is 0 Å². The van der Waals surface area contributed by atoms with E-state index in [4.69, 9.17) is 9.72 Å². The zero-order valence-electron chi connectivity index (χ0n) is 13.9. The number of nitrogens with zero attached hydrogens (tertiary/aromatic N) is 2. The summed E-state index contributed by atoms with van der Waals surface area (Å²) in [7, 11) is 0.